The van der Waals surface area contributed by atoms with Crippen LogP contribution in [0.2, 0.25) is 0 Å². The largest absolute Gasteiger partial charge is 0.506 e. The summed E-state index contributed by atoms with van der Waals surface area (Å²) < 4.78 is 0. The molecule has 7 rings (SSSR count). The third-order valence-corrected chi connectivity index (χ3v) is 11.3. The van der Waals surface area contributed by atoms with Crippen LogP contribution in [-0.4, -0.2) is 28.0 Å². The molecule has 6 heteroatoms. The van der Waals surface area contributed by atoms with Gasteiger partial charge in [-0.1, -0.05) is 51.0 Å². The monoisotopic (exact) mass is 491 g/mol. The Hall–Kier alpha value is -2.63. The molecule has 0 radical (unpaired) electrons. The Morgan fingerprint density at radius 2 is 1.78 bits per heavy atom. The molecule has 1 aromatic rings. The van der Waals surface area contributed by atoms with E-state index in [0.717, 1.165) is 32.1 Å². The first-order valence-electron chi connectivity index (χ1n) is 13.6. The summed E-state index contributed by atoms with van der Waals surface area (Å²) in [5.41, 5.74) is 0.153. The van der Waals surface area contributed by atoms with E-state index in [2.05, 4.69) is 26.8 Å². The number of anilines is 1. The fourth-order valence-corrected chi connectivity index (χ4v) is 9.85. The van der Waals surface area contributed by atoms with Crippen molar-refractivity contribution in [1.82, 2.24) is 0 Å². The highest BCUT2D eigenvalue weighted by Gasteiger charge is 2.73. The number of allylic oxidation sites excluding steroid dienone is 2. The number of fused-ring (bicyclic) bond motifs is 1. The predicted octanol–water partition coefficient (Wildman–Crippen LogP) is 5.41. The fraction of sp³-hybridized carbons (Fsp3) is 0.633. The number of hydrogen-bond donors (Lipinski definition) is 2. The molecule has 1 saturated heterocycles. The smallest absolute Gasteiger partial charge is 0.309 e. The van der Waals surface area contributed by atoms with Crippen molar-refractivity contribution in [3.05, 3.63) is 35.9 Å². The standard InChI is InChI=1S/C30H37NO5/c1-16(2)18-15-30-13-10-21-28(3,11-7-12-29(21,4)27(35)36)22(30)14-17(18)23-24(30)26(34)31(25(23)33)19-8-5-6-9-20(19)32/h5-6,8-9,15-17,21-24,32H,7,10-14H2,1-4H3,(H,35,36)/t17-,21-,22-,23-,24-,28-,29+,30-/m0/s1. The molecule has 8 atom stereocenters. The van der Waals surface area contributed by atoms with Crippen molar-refractivity contribution < 1.29 is 24.6 Å². The summed E-state index contributed by atoms with van der Waals surface area (Å²) in [5, 5.41) is 20.8. The number of phenols is 1. The average molecular weight is 492 g/mol. The maximum Gasteiger partial charge on any atom is 0.309 e. The van der Waals surface area contributed by atoms with Gasteiger partial charge in [0, 0.05) is 5.41 Å². The van der Waals surface area contributed by atoms with Crippen molar-refractivity contribution in [2.45, 2.75) is 66.2 Å². The molecule has 3 saturated carbocycles. The van der Waals surface area contributed by atoms with Gasteiger partial charge in [-0.2, -0.15) is 0 Å². The highest BCUT2D eigenvalue weighted by atomic mass is 16.4. The number of imide groups is 1. The van der Waals surface area contributed by atoms with Gasteiger partial charge in [0.1, 0.15) is 5.75 Å². The number of carbonyl (C=O) groups is 3. The summed E-state index contributed by atoms with van der Waals surface area (Å²) >= 11 is 0. The second-order valence-electron chi connectivity index (χ2n) is 13.0. The normalized spacial score (nSPS) is 43.2. The SMILES string of the molecule is CC(C)C1=C[C@@]23CC[C@H]4[C@](C)(CCC[C@@]4(C)C(=O)O)[C@@H]2C[C@@H]1[C@@H]1C(=O)N(c2ccccc2O)C(=O)[C@H]13. The lowest BCUT2D eigenvalue weighted by Gasteiger charge is -2.68. The van der Waals surface area contributed by atoms with E-state index < -0.39 is 28.6 Å². The number of aliphatic carboxylic acids is 1. The zero-order valence-corrected chi connectivity index (χ0v) is 21.7. The molecule has 0 aromatic heterocycles. The van der Waals surface area contributed by atoms with Crippen LogP contribution in [-0.2, 0) is 14.4 Å². The molecule has 2 amide bonds. The van der Waals surface area contributed by atoms with E-state index in [9.17, 15) is 24.6 Å². The van der Waals surface area contributed by atoms with Gasteiger partial charge in [-0.05, 0) is 80.2 Å². The van der Waals surface area contributed by atoms with Crippen LogP contribution in [0.5, 0.6) is 5.75 Å². The minimum atomic E-state index is -0.757. The molecule has 192 valence electrons. The van der Waals surface area contributed by atoms with Gasteiger partial charge >= 0.3 is 5.97 Å². The summed E-state index contributed by atoms with van der Waals surface area (Å²) in [7, 11) is 0. The third kappa shape index (κ3) is 2.71. The molecule has 6 nitrogen and oxygen atoms in total. The van der Waals surface area contributed by atoms with Gasteiger partial charge in [0.15, 0.2) is 0 Å². The van der Waals surface area contributed by atoms with Crippen LogP contribution in [0.3, 0.4) is 0 Å². The summed E-state index contributed by atoms with van der Waals surface area (Å²) in [5.74, 6) is -1.54. The van der Waals surface area contributed by atoms with Crippen LogP contribution >= 0.6 is 0 Å². The molecule has 2 bridgehead atoms. The van der Waals surface area contributed by atoms with Crippen molar-refractivity contribution in [2.75, 3.05) is 4.90 Å². The summed E-state index contributed by atoms with van der Waals surface area (Å²) in [6.07, 6.45) is 7.24. The summed E-state index contributed by atoms with van der Waals surface area (Å²) in [4.78, 5) is 41.9. The first-order valence-corrected chi connectivity index (χ1v) is 13.6. The van der Waals surface area contributed by atoms with Gasteiger partial charge in [0.2, 0.25) is 11.8 Å². The zero-order chi connectivity index (χ0) is 25.8. The second-order valence-corrected chi connectivity index (χ2v) is 13.0. The molecule has 4 fully saturated rings. The van der Waals surface area contributed by atoms with Crippen LogP contribution in [0.4, 0.5) is 5.69 Å². The highest BCUT2D eigenvalue weighted by molar-refractivity contribution is 6.23. The Labute approximate surface area is 212 Å². The Bertz CT molecular complexity index is 1200. The van der Waals surface area contributed by atoms with Crippen LogP contribution in [0.25, 0.3) is 0 Å². The van der Waals surface area contributed by atoms with Crippen LogP contribution in [0, 0.1) is 51.8 Å². The Kier molecular flexibility index (Phi) is 4.92. The number of para-hydroxylation sites is 2. The number of aromatic hydroxyl groups is 1. The Morgan fingerprint density at radius 3 is 2.44 bits per heavy atom. The minimum Gasteiger partial charge on any atom is -0.506 e. The number of amides is 2. The van der Waals surface area contributed by atoms with Crippen molar-refractivity contribution in [2.24, 2.45) is 51.8 Å². The van der Waals surface area contributed by atoms with E-state index in [0.29, 0.717) is 6.42 Å². The number of carboxylic acids is 1. The molecule has 1 spiro atoms. The van der Waals surface area contributed by atoms with Gasteiger partial charge in [0.05, 0.1) is 22.9 Å². The van der Waals surface area contributed by atoms with Gasteiger partial charge in [-0.15, -0.1) is 0 Å². The number of rotatable bonds is 3. The van der Waals surface area contributed by atoms with E-state index in [1.807, 2.05) is 6.92 Å². The zero-order valence-electron chi connectivity index (χ0n) is 21.7. The molecule has 5 aliphatic carbocycles. The lowest BCUT2D eigenvalue weighted by atomic mass is 9.34. The first kappa shape index (κ1) is 23.7. The van der Waals surface area contributed by atoms with Crippen molar-refractivity contribution in [3.8, 4) is 5.75 Å². The topological polar surface area (TPSA) is 94.9 Å². The second kappa shape index (κ2) is 7.45. The van der Waals surface area contributed by atoms with Crippen LogP contribution in [0.1, 0.15) is 66.2 Å². The molecular formula is C30H37NO5. The van der Waals surface area contributed by atoms with Crippen molar-refractivity contribution in [3.63, 3.8) is 0 Å². The molecule has 0 unspecified atom stereocenters. The van der Waals surface area contributed by atoms with Gasteiger partial charge in [-0.25, -0.2) is 4.90 Å². The maximum absolute atomic E-state index is 14.2. The van der Waals surface area contributed by atoms with E-state index in [4.69, 9.17) is 0 Å². The highest BCUT2D eigenvalue weighted by Crippen LogP contribution is 2.74. The van der Waals surface area contributed by atoms with E-state index in [-0.39, 0.29) is 52.3 Å². The summed E-state index contributed by atoms with van der Waals surface area (Å²) in [6, 6.07) is 6.60. The predicted molar refractivity (Wildman–Crippen MR) is 135 cm³/mol. The molecular weight excluding hydrogens is 454 g/mol. The molecule has 1 heterocycles. The maximum atomic E-state index is 14.2. The van der Waals surface area contributed by atoms with E-state index in [1.165, 1.54) is 16.5 Å². The number of hydrogen-bond acceptors (Lipinski definition) is 4. The Balaban J connectivity index is 1.50. The summed E-state index contributed by atoms with van der Waals surface area (Å²) in [6.45, 7) is 8.55. The third-order valence-electron chi connectivity index (χ3n) is 11.3. The first-order chi connectivity index (χ1) is 17.0. The molecule has 2 N–H and O–H groups in total. The molecule has 1 aliphatic heterocycles. The van der Waals surface area contributed by atoms with E-state index >= 15 is 0 Å². The number of benzene rings is 1. The molecule has 6 aliphatic rings. The number of carbonyl (C=O) groups excluding carboxylic acids is 2. The number of phenolic OH excluding ortho intramolecular Hbond substituents is 1. The lowest BCUT2D eigenvalue weighted by molar-refractivity contribution is -0.194. The number of nitrogens with zero attached hydrogens (tertiary/aromatic N) is 1. The molecule has 1 aromatic carbocycles. The van der Waals surface area contributed by atoms with Gasteiger partial charge in [-0.3, -0.25) is 14.4 Å². The van der Waals surface area contributed by atoms with Crippen molar-refractivity contribution >= 4 is 23.5 Å². The quantitative estimate of drug-likeness (QED) is 0.436. The van der Waals surface area contributed by atoms with E-state index in [1.54, 1.807) is 18.2 Å². The minimum absolute atomic E-state index is 0.0252. The van der Waals surface area contributed by atoms with Crippen LogP contribution < -0.4 is 4.90 Å². The Morgan fingerprint density at radius 1 is 1.06 bits per heavy atom. The van der Waals surface area contributed by atoms with Gasteiger partial charge < -0.3 is 10.2 Å². The van der Waals surface area contributed by atoms with Crippen molar-refractivity contribution in [1.29, 1.82) is 0 Å². The molecule has 36 heavy (non-hydrogen) atoms. The van der Waals surface area contributed by atoms with Gasteiger partial charge in [0.25, 0.3) is 0 Å². The lowest BCUT2D eigenvalue weighted by Crippen LogP contribution is -2.65. The number of carboxylic acid groups (broad SMARTS) is 1. The fourth-order valence-electron chi connectivity index (χ4n) is 9.85. The average Bonchev–Trinajstić information content (AvgIpc) is 3.10. The van der Waals surface area contributed by atoms with Crippen LogP contribution in [0.15, 0.2) is 35.9 Å².